The first-order valence-electron chi connectivity index (χ1n) is 5.14. The van der Waals surface area contributed by atoms with Crippen molar-refractivity contribution >= 4 is 5.78 Å². The Labute approximate surface area is 85.1 Å². The predicted molar refractivity (Wildman–Crippen MR) is 56.2 cm³/mol. The zero-order chi connectivity index (χ0) is 10.7. The lowest BCUT2D eigenvalue weighted by molar-refractivity contribution is 0.0888. The molecule has 3 heteroatoms. The Morgan fingerprint density at radius 3 is 2.64 bits per heavy atom. The van der Waals surface area contributed by atoms with Crippen molar-refractivity contribution in [2.45, 2.75) is 34.2 Å². The third-order valence-electron chi connectivity index (χ3n) is 2.68. The second kappa shape index (κ2) is 4.40. The van der Waals surface area contributed by atoms with Gasteiger partial charge >= 0.3 is 0 Å². The number of ketones is 1. The van der Waals surface area contributed by atoms with E-state index >= 15 is 0 Å². The van der Waals surface area contributed by atoms with Crippen molar-refractivity contribution in [2.24, 2.45) is 11.8 Å². The number of carbonyl (C=O) groups is 1. The molecule has 78 valence electrons. The number of carbonyl (C=O) groups excluding carboxylic acids is 1. The van der Waals surface area contributed by atoms with E-state index in [9.17, 15) is 4.79 Å². The van der Waals surface area contributed by atoms with Crippen molar-refractivity contribution in [3.63, 3.8) is 0 Å². The molecule has 1 aromatic heterocycles. The molecule has 0 aromatic carbocycles. The Morgan fingerprint density at radius 1 is 1.50 bits per heavy atom. The van der Waals surface area contributed by atoms with Gasteiger partial charge in [-0.3, -0.25) is 9.48 Å². The third kappa shape index (κ3) is 2.03. The van der Waals surface area contributed by atoms with E-state index < -0.39 is 0 Å². The number of hydrogen-bond acceptors (Lipinski definition) is 2. The van der Waals surface area contributed by atoms with Gasteiger partial charge in [0.1, 0.15) is 5.69 Å². The first-order valence-corrected chi connectivity index (χ1v) is 5.14. The fraction of sp³-hybridized carbons (Fsp3) is 0.636. The van der Waals surface area contributed by atoms with Gasteiger partial charge in [0.2, 0.25) is 0 Å². The molecule has 1 heterocycles. The van der Waals surface area contributed by atoms with Crippen LogP contribution in [-0.4, -0.2) is 15.6 Å². The average molecular weight is 194 g/mol. The van der Waals surface area contributed by atoms with Crippen LogP contribution < -0.4 is 0 Å². The van der Waals surface area contributed by atoms with E-state index in [1.54, 1.807) is 16.9 Å². The van der Waals surface area contributed by atoms with Crippen LogP contribution in [0, 0.1) is 11.8 Å². The van der Waals surface area contributed by atoms with Crippen LogP contribution in [0.5, 0.6) is 0 Å². The van der Waals surface area contributed by atoms with Crippen molar-refractivity contribution in [1.82, 2.24) is 9.78 Å². The molecule has 0 bridgehead atoms. The number of Topliss-reactive ketones (excluding diaryl/α,β-unsaturated/α-hetero) is 1. The minimum atomic E-state index is 0.0667. The Hall–Kier alpha value is -1.12. The van der Waals surface area contributed by atoms with Crippen molar-refractivity contribution in [1.29, 1.82) is 0 Å². The molecule has 0 saturated carbocycles. The lowest BCUT2D eigenvalue weighted by atomic mass is 9.92. The molecule has 0 fully saturated rings. The molecule has 1 rings (SSSR count). The maximum Gasteiger partial charge on any atom is 0.183 e. The van der Waals surface area contributed by atoms with Crippen LogP contribution in [0.3, 0.4) is 0 Å². The normalized spacial score (nSPS) is 13.2. The number of aryl methyl sites for hydroxylation is 1. The fourth-order valence-corrected chi connectivity index (χ4v) is 1.33. The fourth-order valence-electron chi connectivity index (χ4n) is 1.33. The highest BCUT2D eigenvalue weighted by molar-refractivity contribution is 5.96. The summed E-state index contributed by atoms with van der Waals surface area (Å²) in [6, 6.07) is 1.80. The summed E-state index contributed by atoms with van der Waals surface area (Å²) < 4.78 is 1.75. The second-order valence-corrected chi connectivity index (χ2v) is 3.93. The summed E-state index contributed by atoms with van der Waals surface area (Å²) in [5.74, 6) is 0.638. The number of rotatable bonds is 4. The molecule has 0 spiro atoms. The molecule has 0 N–H and O–H groups in total. The maximum atomic E-state index is 12.0. The largest absolute Gasteiger partial charge is 0.292 e. The summed E-state index contributed by atoms with van der Waals surface area (Å²) in [6.07, 6.45) is 1.68. The van der Waals surface area contributed by atoms with Gasteiger partial charge in [-0.25, -0.2) is 0 Å². The molecule has 1 atom stereocenters. The van der Waals surface area contributed by atoms with E-state index in [0.717, 1.165) is 12.2 Å². The van der Waals surface area contributed by atoms with Crippen LogP contribution in [0.25, 0.3) is 0 Å². The van der Waals surface area contributed by atoms with Gasteiger partial charge in [0.25, 0.3) is 0 Å². The first-order chi connectivity index (χ1) is 6.57. The first kappa shape index (κ1) is 11.0. The van der Waals surface area contributed by atoms with E-state index in [-0.39, 0.29) is 11.7 Å². The van der Waals surface area contributed by atoms with E-state index in [1.165, 1.54) is 0 Å². The highest BCUT2D eigenvalue weighted by Crippen LogP contribution is 2.16. The zero-order valence-electron chi connectivity index (χ0n) is 9.32. The van der Waals surface area contributed by atoms with Crippen LogP contribution in [-0.2, 0) is 6.54 Å². The molecule has 3 nitrogen and oxygen atoms in total. The third-order valence-corrected chi connectivity index (χ3v) is 2.68. The molecule has 0 aliphatic heterocycles. The second-order valence-electron chi connectivity index (χ2n) is 3.93. The van der Waals surface area contributed by atoms with Crippen molar-refractivity contribution < 1.29 is 4.79 Å². The van der Waals surface area contributed by atoms with Gasteiger partial charge in [0.05, 0.1) is 0 Å². The van der Waals surface area contributed by atoms with Crippen molar-refractivity contribution in [3.8, 4) is 0 Å². The van der Waals surface area contributed by atoms with E-state index in [4.69, 9.17) is 0 Å². The lowest BCUT2D eigenvalue weighted by Crippen LogP contribution is -2.20. The topological polar surface area (TPSA) is 34.9 Å². The van der Waals surface area contributed by atoms with E-state index in [2.05, 4.69) is 18.9 Å². The molecular weight excluding hydrogens is 176 g/mol. The van der Waals surface area contributed by atoms with Gasteiger partial charge in [-0.05, 0) is 18.9 Å². The summed E-state index contributed by atoms with van der Waals surface area (Å²) in [6.45, 7) is 8.84. The Balaban J connectivity index is 2.89. The summed E-state index contributed by atoms with van der Waals surface area (Å²) in [5.41, 5.74) is 0.730. The monoisotopic (exact) mass is 194 g/mol. The molecular formula is C11H18N2O. The SMILES string of the molecule is CCn1nccc1C(=O)C(C)C(C)C. The van der Waals surface area contributed by atoms with Crippen molar-refractivity contribution in [3.05, 3.63) is 18.0 Å². The average Bonchev–Trinajstić information content (AvgIpc) is 2.62. The summed E-state index contributed by atoms with van der Waals surface area (Å²) in [4.78, 5) is 12.0. The molecule has 0 amide bonds. The smallest absolute Gasteiger partial charge is 0.183 e. The Bertz CT molecular complexity index is 315. The van der Waals surface area contributed by atoms with Gasteiger partial charge in [-0.15, -0.1) is 0 Å². The lowest BCUT2D eigenvalue weighted by Gasteiger charge is -2.14. The highest BCUT2D eigenvalue weighted by Gasteiger charge is 2.21. The minimum absolute atomic E-state index is 0.0667. The quantitative estimate of drug-likeness (QED) is 0.690. The van der Waals surface area contributed by atoms with Crippen LogP contribution in [0.1, 0.15) is 38.2 Å². The van der Waals surface area contributed by atoms with Gasteiger partial charge in [0, 0.05) is 18.7 Å². The number of hydrogen-bond donors (Lipinski definition) is 0. The zero-order valence-corrected chi connectivity index (χ0v) is 9.32. The molecule has 0 saturated heterocycles. The van der Waals surface area contributed by atoms with Gasteiger partial charge in [0.15, 0.2) is 5.78 Å². The molecule has 1 aromatic rings. The van der Waals surface area contributed by atoms with Gasteiger partial charge < -0.3 is 0 Å². The standard InChI is InChI=1S/C11H18N2O/c1-5-13-10(6-7-12-13)11(14)9(4)8(2)3/h6-9H,5H2,1-4H3. The minimum Gasteiger partial charge on any atom is -0.292 e. The van der Waals surface area contributed by atoms with E-state index in [0.29, 0.717) is 5.92 Å². The van der Waals surface area contributed by atoms with Crippen LogP contribution in [0.15, 0.2) is 12.3 Å². The Kier molecular flexibility index (Phi) is 3.44. The Morgan fingerprint density at radius 2 is 2.14 bits per heavy atom. The van der Waals surface area contributed by atoms with E-state index in [1.807, 2.05) is 13.8 Å². The van der Waals surface area contributed by atoms with Crippen LogP contribution in [0.2, 0.25) is 0 Å². The summed E-state index contributed by atoms with van der Waals surface area (Å²) in [7, 11) is 0. The van der Waals surface area contributed by atoms with Gasteiger partial charge in [-0.2, -0.15) is 5.10 Å². The summed E-state index contributed by atoms with van der Waals surface area (Å²) >= 11 is 0. The number of aromatic nitrogens is 2. The van der Waals surface area contributed by atoms with Crippen LogP contribution in [0.4, 0.5) is 0 Å². The molecule has 14 heavy (non-hydrogen) atoms. The predicted octanol–water partition coefficient (Wildman–Crippen LogP) is 2.38. The molecule has 0 aliphatic carbocycles. The molecule has 0 aliphatic rings. The van der Waals surface area contributed by atoms with Crippen molar-refractivity contribution in [2.75, 3.05) is 0 Å². The van der Waals surface area contributed by atoms with Crippen LogP contribution >= 0.6 is 0 Å². The van der Waals surface area contributed by atoms with Gasteiger partial charge in [-0.1, -0.05) is 20.8 Å². The molecule has 1 unspecified atom stereocenters. The summed E-state index contributed by atoms with van der Waals surface area (Å²) in [5, 5.41) is 4.09. The highest BCUT2D eigenvalue weighted by atomic mass is 16.1. The number of nitrogens with zero attached hydrogens (tertiary/aromatic N) is 2. The molecule has 0 radical (unpaired) electrons. The maximum absolute atomic E-state index is 12.0.